The molecule has 0 heterocycles. The van der Waals surface area contributed by atoms with E-state index in [0.717, 1.165) is 12.1 Å². The van der Waals surface area contributed by atoms with Crippen LogP contribution in [0.15, 0.2) is 121 Å². The van der Waals surface area contributed by atoms with Crippen LogP contribution in [0.2, 0.25) is 0 Å². The maximum Gasteiger partial charge on any atom is 1.00 e. The molecule has 0 fully saturated rings. The van der Waals surface area contributed by atoms with Crippen molar-refractivity contribution in [1.29, 1.82) is 0 Å². The molecule has 0 aromatic heterocycles. The van der Waals surface area contributed by atoms with Gasteiger partial charge in [-0.25, -0.2) is 8.42 Å². The van der Waals surface area contributed by atoms with E-state index in [9.17, 15) is 43.0 Å². The molecule has 0 spiro atoms. The molecular formula is C34H18N7Na5O15S3. The van der Waals surface area contributed by atoms with Gasteiger partial charge in [-0.3, -0.25) is 0 Å². The van der Waals surface area contributed by atoms with E-state index in [-0.39, 0.29) is 221 Å². The normalized spacial score (nSPS) is 10.4. The summed E-state index contributed by atoms with van der Waals surface area (Å²) in [5.41, 5.74) is 4.57. The molecule has 302 valence electrons. The Bertz CT molecular complexity index is 3090. The molecule has 64 heavy (non-hydrogen) atoms. The largest absolute Gasteiger partial charge is 1.00 e. The minimum absolute atomic E-state index is 0. The SMILES string of the molecule is Nc1c(N=Nc2ccccc2C(=O)[O-])cc(S(=O)(=O)[O-])c2c[c-]c(N=Nc3ccc4c[c-]c(N=Nc5ccccc5C(=O)[O-])c(O)c4c3)c(O)c12.O=S(=O)=O.O=S(=O)=O.[Na+].[Na+].[Na+].[Na+].[Na+]. The van der Waals surface area contributed by atoms with Crippen molar-refractivity contribution in [1.82, 2.24) is 0 Å². The summed E-state index contributed by atoms with van der Waals surface area (Å²) in [6.07, 6.45) is 0. The predicted molar refractivity (Wildman–Crippen MR) is 195 cm³/mol. The number of rotatable bonds is 9. The van der Waals surface area contributed by atoms with Crippen LogP contribution in [-0.4, -0.2) is 60.4 Å². The van der Waals surface area contributed by atoms with Gasteiger partial charge in [-0.1, -0.05) is 47.2 Å². The summed E-state index contributed by atoms with van der Waals surface area (Å²) in [6, 6.07) is 24.4. The summed E-state index contributed by atoms with van der Waals surface area (Å²) in [5.74, 6) is -4.08. The Labute approximate surface area is 474 Å². The number of carboxylic acid groups (broad SMARTS) is 2. The van der Waals surface area contributed by atoms with Crippen LogP contribution in [0.4, 0.5) is 39.8 Å². The zero-order valence-corrected chi connectivity index (χ0v) is 46.2. The van der Waals surface area contributed by atoms with Crippen LogP contribution >= 0.6 is 0 Å². The molecule has 0 radical (unpaired) electrons. The summed E-state index contributed by atoms with van der Waals surface area (Å²) >= 11 is 0. The van der Waals surface area contributed by atoms with Crippen molar-refractivity contribution in [2.24, 2.45) is 30.7 Å². The zero-order chi connectivity index (χ0) is 43.6. The van der Waals surface area contributed by atoms with Crippen molar-refractivity contribution in [2.75, 3.05) is 5.73 Å². The monoisotopic (exact) mass is 975 g/mol. The molecule has 30 heteroatoms. The van der Waals surface area contributed by atoms with Gasteiger partial charge in [0.2, 0.25) is 0 Å². The quantitative estimate of drug-likeness (QED) is 0.0398. The van der Waals surface area contributed by atoms with E-state index in [1.165, 1.54) is 60.7 Å². The van der Waals surface area contributed by atoms with Crippen molar-refractivity contribution in [3.05, 3.63) is 108 Å². The maximum absolute atomic E-state index is 12.2. The fourth-order valence-corrected chi connectivity index (χ4v) is 5.60. The van der Waals surface area contributed by atoms with Crippen molar-refractivity contribution in [2.45, 2.75) is 4.90 Å². The number of fused-ring (bicyclic) bond motifs is 2. The number of carbonyl (C=O) groups is 2. The second kappa shape index (κ2) is 29.0. The minimum atomic E-state index is -5.18. The molecular weight excluding hydrogens is 958 g/mol. The second-order valence-corrected chi connectivity index (χ2v) is 13.1. The number of carboxylic acids is 2. The first-order valence-electron chi connectivity index (χ1n) is 15.3. The zero-order valence-electron chi connectivity index (χ0n) is 33.8. The van der Waals surface area contributed by atoms with Gasteiger partial charge in [-0.15, -0.1) is 52.3 Å². The number of nitrogens with zero attached hydrogens (tertiary/aromatic N) is 6. The Kier molecular flexibility index (Phi) is 28.7. The summed E-state index contributed by atoms with van der Waals surface area (Å²) in [4.78, 5) is 22.0. The minimum Gasteiger partial charge on any atom is -0.745 e. The fourth-order valence-electron chi connectivity index (χ4n) is 4.91. The number of aromatic hydroxyl groups is 2. The van der Waals surface area contributed by atoms with E-state index in [1.54, 1.807) is 12.1 Å². The third-order valence-electron chi connectivity index (χ3n) is 7.35. The van der Waals surface area contributed by atoms with E-state index in [2.05, 4.69) is 42.8 Å². The molecule has 6 rings (SSSR count). The molecule has 22 nitrogen and oxygen atoms in total. The summed E-state index contributed by atoms with van der Waals surface area (Å²) in [5, 5.41) is 68.6. The Balaban J connectivity index is 0. The van der Waals surface area contributed by atoms with E-state index < -0.39 is 53.9 Å². The van der Waals surface area contributed by atoms with Gasteiger partial charge in [0.1, 0.15) is 15.8 Å². The van der Waals surface area contributed by atoms with Crippen LogP contribution in [0.1, 0.15) is 20.7 Å². The van der Waals surface area contributed by atoms with Crippen LogP contribution in [0.3, 0.4) is 0 Å². The smallest absolute Gasteiger partial charge is 0.745 e. The van der Waals surface area contributed by atoms with Crippen LogP contribution < -0.4 is 164 Å². The van der Waals surface area contributed by atoms with E-state index in [0.29, 0.717) is 5.39 Å². The Morgan fingerprint density at radius 2 is 1.03 bits per heavy atom. The van der Waals surface area contributed by atoms with Crippen molar-refractivity contribution in [3.8, 4) is 11.5 Å². The molecule has 6 aromatic carbocycles. The first-order valence-corrected chi connectivity index (χ1v) is 18.7. The Hall–Kier alpha value is -2.87. The van der Waals surface area contributed by atoms with Gasteiger partial charge in [0.25, 0.3) is 0 Å². The molecule has 0 aliphatic carbocycles. The van der Waals surface area contributed by atoms with Gasteiger partial charge in [-0.2, -0.15) is 44.7 Å². The van der Waals surface area contributed by atoms with Crippen LogP contribution in [-0.2, 0) is 31.3 Å². The number of phenolic OH excluding ortho intramolecular Hbond substituents is 2. The first-order chi connectivity index (χ1) is 27.8. The molecule has 0 atom stereocenters. The topological polar surface area (TPSA) is 381 Å². The molecule has 0 aliphatic rings. The summed E-state index contributed by atoms with van der Waals surface area (Å²) < 4.78 is 87.3. The van der Waals surface area contributed by atoms with Gasteiger partial charge >= 0.3 is 169 Å². The van der Waals surface area contributed by atoms with Crippen molar-refractivity contribution in [3.63, 3.8) is 0 Å². The van der Waals surface area contributed by atoms with Gasteiger partial charge in [0.05, 0.1) is 29.0 Å². The molecule has 0 aliphatic heterocycles. The third-order valence-corrected chi connectivity index (χ3v) is 8.23. The summed E-state index contributed by atoms with van der Waals surface area (Å²) in [7, 11) is -11.4. The van der Waals surface area contributed by atoms with Crippen molar-refractivity contribution < 1.29 is 216 Å². The molecule has 0 saturated carbocycles. The van der Waals surface area contributed by atoms with Gasteiger partial charge in [-0.05, 0) is 30.3 Å². The van der Waals surface area contributed by atoms with Gasteiger partial charge in [0, 0.05) is 44.6 Å². The number of phenols is 2. The number of hydrogen-bond acceptors (Lipinski definition) is 22. The number of aromatic carboxylic acids is 2. The fraction of sp³-hybridized carbons (Fsp3) is 0. The van der Waals surface area contributed by atoms with E-state index in [4.69, 9.17) is 31.0 Å². The number of hydrogen-bond donors (Lipinski definition) is 3. The van der Waals surface area contributed by atoms with Crippen LogP contribution in [0.25, 0.3) is 21.5 Å². The van der Waals surface area contributed by atoms with Crippen LogP contribution in [0, 0.1) is 12.1 Å². The van der Waals surface area contributed by atoms with E-state index in [1.807, 2.05) is 0 Å². The average Bonchev–Trinajstić information content (AvgIpc) is 3.16. The number of nitrogen functional groups attached to an aromatic ring is 1. The number of benzene rings is 6. The third kappa shape index (κ3) is 17.4. The Morgan fingerprint density at radius 1 is 0.594 bits per heavy atom. The second-order valence-electron chi connectivity index (χ2n) is 10.9. The van der Waals surface area contributed by atoms with E-state index >= 15 is 0 Å². The molecule has 0 saturated heterocycles. The molecule has 0 unspecified atom stereocenters. The first kappa shape index (κ1) is 63.2. The standard InChI is InChI=1S/C34H21N7O9S.5Na.2O3S/c35-30-27(41-38-24-8-4-2-6-20(24)34(46)47)16-28(51(48,49)50)21-12-14-26(32(43)29(21)30)39-36-18-11-9-17-10-13-25(31(42)22(17)15-18)40-37-23-7-3-1-5-19(23)33(44)45;;;;;;2*1-4(2)3/h1-12,15-16,42-43H,35H2,(H,44,45)(H,46,47)(H,48,49,50);;;;;;;/q-2;5*+1;;/p-3. The van der Waals surface area contributed by atoms with Gasteiger partial charge < -0.3 is 40.3 Å². The number of anilines is 1. The average molecular weight is 976 g/mol. The molecule has 4 N–H and O–H groups in total. The Morgan fingerprint density at radius 3 is 1.53 bits per heavy atom. The van der Waals surface area contributed by atoms with Crippen molar-refractivity contribution >= 4 is 105 Å². The number of carbonyl (C=O) groups excluding carboxylic acids is 2. The molecule has 0 bridgehead atoms. The number of azo groups is 3. The molecule has 0 amide bonds. The predicted octanol–water partition coefficient (Wildman–Crippen LogP) is -11.5. The maximum atomic E-state index is 12.2. The number of nitrogens with two attached hydrogens (primary N) is 1. The summed E-state index contributed by atoms with van der Waals surface area (Å²) in [6.45, 7) is 0. The van der Waals surface area contributed by atoms with Crippen LogP contribution in [0.5, 0.6) is 11.5 Å². The van der Waals surface area contributed by atoms with Gasteiger partial charge in [0.15, 0.2) is 0 Å². The molecule has 6 aromatic rings.